The van der Waals surface area contributed by atoms with Crippen LogP contribution >= 0.6 is 0 Å². The highest BCUT2D eigenvalue weighted by atomic mass is 16.2. The molecule has 2 aliphatic heterocycles. The smallest absolute Gasteiger partial charge is 0.237 e. The second kappa shape index (κ2) is 6.12. The number of hydrogen-bond donors (Lipinski definition) is 2. The molecule has 0 aromatic carbocycles. The predicted octanol–water partition coefficient (Wildman–Crippen LogP) is 0.503. The number of fused-ring (bicyclic) bond motifs is 1. The third-order valence-corrected chi connectivity index (χ3v) is 5.13. The largest absolute Gasteiger partial charge is 0.354 e. The van der Waals surface area contributed by atoms with Gasteiger partial charge >= 0.3 is 0 Å². The standard InChI is InChI=1S/C15H25N3O2/c19-13(18-8-1-2-9-18)6-7-16-15(20)14-12-5-3-4-11(12)10-17-14/h11-12,14,17H,1-10H2,(H,16,20). The van der Waals surface area contributed by atoms with Gasteiger partial charge in [-0.2, -0.15) is 0 Å². The molecule has 3 atom stereocenters. The highest BCUT2D eigenvalue weighted by Gasteiger charge is 2.42. The van der Waals surface area contributed by atoms with E-state index in [1.807, 2.05) is 4.90 Å². The molecule has 0 aromatic heterocycles. The molecular formula is C15H25N3O2. The summed E-state index contributed by atoms with van der Waals surface area (Å²) >= 11 is 0. The van der Waals surface area contributed by atoms with Crippen LogP contribution in [-0.2, 0) is 9.59 Å². The third-order valence-electron chi connectivity index (χ3n) is 5.13. The van der Waals surface area contributed by atoms with Gasteiger partial charge in [-0.05, 0) is 44.1 Å². The van der Waals surface area contributed by atoms with E-state index in [0.29, 0.717) is 24.8 Å². The van der Waals surface area contributed by atoms with Gasteiger partial charge in [-0.15, -0.1) is 0 Å². The van der Waals surface area contributed by atoms with Crippen LogP contribution in [0.15, 0.2) is 0 Å². The molecule has 0 spiro atoms. The van der Waals surface area contributed by atoms with Crippen molar-refractivity contribution in [3.63, 3.8) is 0 Å². The summed E-state index contributed by atoms with van der Waals surface area (Å²) in [5.74, 6) is 1.48. The molecule has 5 heteroatoms. The van der Waals surface area contributed by atoms with Crippen molar-refractivity contribution in [1.29, 1.82) is 0 Å². The first-order valence-electron chi connectivity index (χ1n) is 8.04. The van der Waals surface area contributed by atoms with E-state index in [1.165, 1.54) is 19.3 Å². The number of hydrogen-bond acceptors (Lipinski definition) is 3. The summed E-state index contributed by atoms with van der Waals surface area (Å²) in [5.41, 5.74) is 0. The number of nitrogens with one attached hydrogen (secondary N) is 2. The molecule has 20 heavy (non-hydrogen) atoms. The van der Waals surface area contributed by atoms with Crippen molar-refractivity contribution in [1.82, 2.24) is 15.5 Å². The molecule has 3 aliphatic rings. The number of carbonyl (C=O) groups excluding carboxylic acids is 2. The number of carbonyl (C=O) groups is 2. The van der Waals surface area contributed by atoms with E-state index in [4.69, 9.17) is 0 Å². The maximum absolute atomic E-state index is 12.2. The van der Waals surface area contributed by atoms with Crippen LogP contribution in [0.1, 0.15) is 38.5 Å². The molecule has 5 nitrogen and oxygen atoms in total. The zero-order valence-corrected chi connectivity index (χ0v) is 12.1. The minimum absolute atomic E-state index is 0.0237. The fourth-order valence-electron chi connectivity index (χ4n) is 4.00. The molecule has 0 radical (unpaired) electrons. The summed E-state index contributed by atoms with van der Waals surface area (Å²) in [6.07, 6.45) is 6.36. The highest BCUT2D eigenvalue weighted by molar-refractivity contribution is 5.83. The molecule has 3 fully saturated rings. The van der Waals surface area contributed by atoms with Gasteiger partial charge < -0.3 is 15.5 Å². The summed E-state index contributed by atoms with van der Waals surface area (Å²) in [4.78, 5) is 26.0. The molecule has 3 rings (SSSR count). The highest BCUT2D eigenvalue weighted by Crippen LogP contribution is 2.37. The molecule has 2 amide bonds. The van der Waals surface area contributed by atoms with Crippen LogP contribution in [0, 0.1) is 11.8 Å². The van der Waals surface area contributed by atoms with Crippen molar-refractivity contribution < 1.29 is 9.59 Å². The molecule has 2 N–H and O–H groups in total. The topological polar surface area (TPSA) is 61.4 Å². The number of nitrogens with zero attached hydrogens (tertiary/aromatic N) is 1. The van der Waals surface area contributed by atoms with E-state index in [1.54, 1.807) is 0 Å². The monoisotopic (exact) mass is 279 g/mol. The van der Waals surface area contributed by atoms with Crippen molar-refractivity contribution >= 4 is 11.8 Å². The Morgan fingerprint density at radius 3 is 2.75 bits per heavy atom. The zero-order chi connectivity index (χ0) is 13.9. The van der Waals surface area contributed by atoms with Gasteiger partial charge in [0.25, 0.3) is 0 Å². The fraction of sp³-hybridized carbons (Fsp3) is 0.867. The second-order valence-electron chi connectivity index (χ2n) is 6.37. The van der Waals surface area contributed by atoms with Gasteiger partial charge in [0, 0.05) is 26.1 Å². The van der Waals surface area contributed by atoms with Crippen LogP contribution < -0.4 is 10.6 Å². The molecule has 2 heterocycles. The van der Waals surface area contributed by atoms with Crippen LogP contribution in [-0.4, -0.2) is 48.9 Å². The van der Waals surface area contributed by atoms with Crippen LogP contribution in [0.5, 0.6) is 0 Å². The number of amides is 2. The lowest BCUT2D eigenvalue weighted by Gasteiger charge is -2.19. The van der Waals surface area contributed by atoms with Gasteiger partial charge in [-0.3, -0.25) is 9.59 Å². The van der Waals surface area contributed by atoms with Crippen LogP contribution in [0.4, 0.5) is 0 Å². The lowest BCUT2D eigenvalue weighted by atomic mass is 9.93. The van der Waals surface area contributed by atoms with Crippen molar-refractivity contribution in [3.05, 3.63) is 0 Å². The SMILES string of the molecule is O=C(NCCC(=O)N1CCCC1)C1NCC2CCCC21. The molecule has 0 bridgehead atoms. The van der Waals surface area contributed by atoms with E-state index in [2.05, 4.69) is 10.6 Å². The van der Waals surface area contributed by atoms with Gasteiger partial charge in [-0.1, -0.05) is 6.42 Å². The van der Waals surface area contributed by atoms with Crippen molar-refractivity contribution in [2.24, 2.45) is 11.8 Å². The van der Waals surface area contributed by atoms with Gasteiger partial charge in [0.15, 0.2) is 0 Å². The van der Waals surface area contributed by atoms with E-state index in [-0.39, 0.29) is 17.9 Å². The molecule has 1 saturated carbocycles. The van der Waals surface area contributed by atoms with Gasteiger partial charge in [0.2, 0.25) is 11.8 Å². The quantitative estimate of drug-likeness (QED) is 0.788. The molecule has 1 aliphatic carbocycles. The maximum Gasteiger partial charge on any atom is 0.237 e. The summed E-state index contributed by atoms with van der Waals surface area (Å²) in [5, 5.41) is 6.29. The van der Waals surface area contributed by atoms with E-state index in [0.717, 1.165) is 32.5 Å². The Morgan fingerprint density at radius 2 is 1.95 bits per heavy atom. The Kier molecular flexibility index (Phi) is 4.24. The Balaban J connectivity index is 1.40. The van der Waals surface area contributed by atoms with Crippen LogP contribution in [0.3, 0.4) is 0 Å². The summed E-state index contributed by atoms with van der Waals surface area (Å²) in [6, 6.07) is -0.0237. The van der Waals surface area contributed by atoms with E-state index < -0.39 is 0 Å². The minimum Gasteiger partial charge on any atom is -0.354 e. The van der Waals surface area contributed by atoms with Gasteiger partial charge in [0.05, 0.1) is 6.04 Å². The molecule has 2 saturated heterocycles. The zero-order valence-electron chi connectivity index (χ0n) is 12.1. The van der Waals surface area contributed by atoms with Crippen LogP contribution in [0.2, 0.25) is 0 Å². The van der Waals surface area contributed by atoms with Crippen molar-refractivity contribution in [2.75, 3.05) is 26.2 Å². The summed E-state index contributed by atoms with van der Waals surface area (Å²) in [6.45, 7) is 3.24. The molecular weight excluding hydrogens is 254 g/mol. The first-order chi connectivity index (χ1) is 9.75. The van der Waals surface area contributed by atoms with Crippen molar-refractivity contribution in [2.45, 2.75) is 44.6 Å². The number of likely N-dealkylation sites (tertiary alicyclic amines) is 1. The second-order valence-corrected chi connectivity index (χ2v) is 6.37. The molecule has 112 valence electrons. The van der Waals surface area contributed by atoms with Crippen LogP contribution in [0.25, 0.3) is 0 Å². The van der Waals surface area contributed by atoms with Gasteiger partial charge in [0.1, 0.15) is 0 Å². The lowest BCUT2D eigenvalue weighted by molar-refractivity contribution is -0.130. The van der Waals surface area contributed by atoms with E-state index >= 15 is 0 Å². The Bertz CT molecular complexity index is 379. The Hall–Kier alpha value is -1.10. The molecule has 0 aromatic rings. The predicted molar refractivity (Wildman–Crippen MR) is 76.1 cm³/mol. The first-order valence-corrected chi connectivity index (χ1v) is 8.04. The van der Waals surface area contributed by atoms with Gasteiger partial charge in [-0.25, -0.2) is 0 Å². The third kappa shape index (κ3) is 2.82. The Morgan fingerprint density at radius 1 is 1.15 bits per heavy atom. The summed E-state index contributed by atoms with van der Waals surface area (Å²) < 4.78 is 0. The lowest BCUT2D eigenvalue weighted by Crippen LogP contribution is -2.44. The number of rotatable bonds is 4. The normalized spacial score (nSPS) is 32.4. The molecule has 3 unspecified atom stereocenters. The first kappa shape index (κ1) is 13.9. The average molecular weight is 279 g/mol. The average Bonchev–Trinajstić information content (AvgIpc) is 3.15. The Labute approximate surface area is 120 Å². The summed E-state index contributed by atoms with van der Waals surface area (Å²) in [7, 11) is 0. The maximum atomic E-state index is 12.2. The van der Waals surface area contributed by atoms with Crippen molar-refractivity contribution in [3.8, 4) is 0 Å². The fourth-order valence-corrected chi connectivity index (χ4v) is 4.00. The van der Waals surface area contributed by atoms with E-state index in [9.17, 15) is 9.59 Å². The minimum atomic E-state index is -0.0237.